The molecule has 1 saturated heterocycles. The van der Waals surface area contributed by atoms with E-state index in [2.05, 4.69) is 22.0 Å². The summed E-state index contributed by atoms with van der Waals surface area (Å²) < 4.78 is 7.53. The molecule has 3 rings (SSSR count). The molecule has 0 aromatic carbocycles. The fraction of sp³-hybridized carbons (Fsp3) is 0.462. The van der Waals surface area contributed by atoms with Crippen LogP contribution in [0.2, 0.25) is 5.15 Å². The first kappa shape index (κ1) is 12.6. The minimum Gasteiger partial charge on any atom is -0.367 e. The third kappa shape index (κ3) is 2.62. The molecule has 3 heterocycles. The lowest BCUT2D eigenvalue weighted by Crippen LogP contribution is -2.06. The molecule has 2 aromatic rings. The Morgan fingerprint density at radius 1 is 1.37 bits per heavy atom. The van der Waals surface area contributed by atoms with Crippen LogP contribution in [0.5, 0.6) is 0 Å². The van der Waals surface area contributed by atoms with Gasteiger partial charge >= 0.3 is 0 Å². The number of hydrogen-bond donors (Lipinski definition) is 0. The van der Waals surface area contributed by atoms with Gasteiger partial charge in [-0.15, -0.1) is 0 Å². The molecule has 0 N–H and O–H groups in total. The van der Waals surface area contributed by atoms with Crippen LogP contribution < -0.4 is 0 Å². The van der Waals surface area contributed by atoms with Gasteiger partial charge in [0.05, 0.1) is 18.0 Å². The number of ether oxygens (including phenoxy) is 1. The molecule has 0 spiro atoms. The van der Waals surface area contributed by atoms with Crippen molar-refractivity contribution in [1.29, 1.82) is 0 Å². The molecule has 0 saturated carbocycles. The third-order valence-electron chi connectivity index (χ3n) is 3.23. The smallest absolute Gasteiger partial charge is 0.159 e. The Morgan fingerprint density at radius 2 is 2.21 bits per heavy atom. The maximum Gasteiger partial charge on any atom is 0.159 e. The maximum atomic E-state index is 6.09. The van der Waals surface area contributed by atoms with E-state index in [1.165, 1.54) is 0 Å². The predicted octanol–water partition coefficient (Wildman–Crippen LogP) is 2.77. The first-order valence-electron chi connectivity index (χ1n) is 6.31. The quantitative estimate of drug-likeness (QED) is 0.793. The van der Waals surface area contributed by atoms with E-state index in [1.54, 1.807) is 16.9 Å². The fourth-order valence-electron chi connectivity index (χ4n) is 2.27. The monoisotopic (exact) mass is 278 g/mol. The molecule has 1 aliphatic rings. The van der Waals surface area contributed by atoms with Crippen molar-refractivity contribution >= 4 is 11.6 Å². The van der Waals surface area contributed by atoms with Gasteiger partial charge in [-0.25, -0.2) is 9.97 Å². The van der Waals surface area contributed by atoms with E-state index in [0.717, 1.165) is 24.1 Å². The minimum absolute atomic E-state index is 0.0517. The lowest BCUT2D eigenvalue weighted by atomic mass is 10.2. The Balaban J connectivity index is 1.96. The van der Waals surface area contributed by atoms with Crippen LogP contribution in [-0.4, -0.2) is 25.9 Å². The summed E-state index contributed by atoms with van der Waals surface area (Å²) in [5.74, 6) is 0.663. The highest BCUT2D eigenvalue weighted by Gasteiger charge is 2.26. The van der Waals surface area contributed by atoms with Gasteiger partial charge in [0, 0.05) is 24.9 Å². The standard InChI is InChI=1S/C13H15ClN4O/c1-8-3-4-11(19-8)13-16-10(5-12(14)17-13)9-6-15-18(2)7-9/h5-8,11H,3-4H2,1-2H3. The van der Waals surface area contributed by atoms with Gasteiger partial charge in [0.1, 0.15) is 11.3 Å². The molecule has 1 aliphatic heterocycles. The normalized spacial score (nSPS) is 22.9. The van der Waals surface area contributed by atoms with Gasteiger partial charge in [0.2, 0.25) is 0 Å². The lowest BCUT2D eigenvalue weighted by Gasteiger charge is -2.11. The molecule has 0 aliphatic carbocycles. The summed E-state index contributed by atoms with van der Waals surface area (Å²) in [6.45, 7) is 2.06. The van der Waals surface area contributed by atoms with Gasteiger partial charge in [-0.3, -0.25) is 4.68 Å². The molecule has 2 aromatic heterocycles. The molecule has 0 bridgehead atoms. The van der Waals surface area contributed by atoms with Gasteiger partial charge in [0.25, 0.3) is 0 Å². The molecule has 2 atom stereocenters. The van der Waals surface area contributed by atoms with Crippen LogP contribution in [0.15, 0.2) is 18.5 Å². The first-order chi connectivity index (χ1) is 9.11. The van der Waals surface area contributed by atoms with Crippen LogP contribution in [0, 0.1) is 0 Å². The average molecular weight is 279 g/mol. The zero-order valence-electron chi connectivity index (χ0n) is 10.9. The molecular formula is C13H15ClN4O. The van der Waals surface area contributed by atoms with Gasteiger partial charge < -0.3 is 4.74 Å². The van der Waals surface area contributed by atoms with E-state index in [4.69, 9.17) is 16.3 Å². The Bertz CT molecular complexity index is 598. The summed E-state index contributed by atoms with van der Waals surface area (Å²) in [6.07, 6.45) is 5.84. The van der Waals surface area contributed by atoms with Gasteiger partial charge in [-0.2, -0.15) is 5.10 Å². The van der Waals surface area contributed by atoms with Crippen molar-refractivity contribution in [3.8, 4) is 11.3 Å². The summed E-state index contributed by atoms with van der Waals surface area (Å²) in [6, 6.07) is 1.75. The van der Waals surface area contributed by atoms with E-state index < -0.39 is 0 Å². The summed E-state index contributed by atoms with van der Waals surface area (Å²) in [7, 11) is 1.87. The van der Waals surface area contributed by atoms with E-state index in [-0.39, 0.29) is 12.2 Å². The first-order valence-corrected chi connectivity index (χ1v) is 6.68. The summed E-state index contributed by atoms with van der Waals surface area (Å²) in [4.78, 5) is 8.84. The lowest BCUT2D eigenvalue weighted by molar-refractivity contribution is 0.0503. The molecular weight excluding hydrogens is 264 g/mol. The molecule has 5 nitrogen and oxygen atoms in total. The van der Waals surface area contributed by atoms with Crippen LogP contribution >= 0.6 is 11.6 Å². The van der Waals surface area contributed by atoms with Crippen molar-refractivity contribution in [3.05, 3.63) is 29.4 Å². The minimum atomic E-state index is -0.0517. The second-order valence-electron chi connectivity index (χ2n) is 4.85. The molecule has 2 unspecified atom stereocenters. The number of nitrogens with zero attached hydrogens (tertiary/aromatic N) is 4. The Kier molecular flexibility index (Phi) is 3.24. The van der Waals surface area contributed by atoms with Crippen LogP contribution in [0.4, 0.5) is 0 Å². The Hall–Kier alpha value is -1.46. The number of aryl methyl sites for hydroxylation is 1. The second kappa shape index (κ2) is 4.90. The Morgan fingerprint density at radius 3 is 2.84 bits per heavy atom. The molecule has 0 amide bonds. The van der Waals surface area contributed by atoms with Crippen LogP contribution in [-0.2, 0) is 11.8 Å². The van der Waals surface area contributed by atoms with E-state index in [9.17, 15) is 0 Å². The number of aromatic nitrogens is 4. The zero-order valence-corrected chi connectivity index (χ0v) is 11.6. The Labute approximate surface area is 116 Å². The van der Waals surface area contributed by atoms with Gasteiger partial charge in [-0.1, -0.05) is 11.6 Å². The third-order valence-corrected chi connectivity index (χ3v) is 3.43. The molecule has 19 heavy (non-hydrogen) atoms. The van der Waals surface area contributed by atoms with E-state index in [0.29, 0.717) is 11.0 Å². The van der Waals surface area contributed by atoms with E-state index in [1.807, 2.05) is 13.2 Å². The molecule has 0 radical (unpaired) electrons. The topological polar surface area (TPSA) is 52.8 Å². The van der Waals surface area contributed by atoms with Crippen molar-refractivity contribution in [3.63, 3.8) is 0 Å². The van der Waals surface area contributed by atoms with Crippen molar-refractivity contribution in [2.75, 3.05) is 0 Å². The number of hydrogen-bond acceptors (Lipinski definition) is 4. The van der Waals surface area contributed by atoms with Gasteiger partial charge in [0.15, 0.2) is 5.82 Å². The number of halogens is 1. The summed E-state index contributed by atoms with van der Waals surface area (Å²) >= 11 is 6.09. The number of rotatable bonds is 2. The highest BCUT2D eigenvalue weighted by atomic mass is 35.5. The maximum absolute atomic E-state index is 6.09. The van der Waals surface area contributed by atoms with Crippen molar-refractivity contribution in [2.24, 2.45) is 7.05 Å². The highest BCUT2D eigenvalue weighted by Crippen LogP contribution is 2.32. The van der Waals surface area contributed by atoms with Crippen molar-refractivity contribution < 1.29 is 4.74 Å². The molecule has 6 heteroatoms. The second-order valence-corrected chi connectivity index (χ2v) is 5.24. The van der Waals surface area contributed by atoms with Crippen LogP contribution in [0.1, 0.15) is 31.7 Å². The average Bonchev–Trinajstić information content (AvgIpc) is 2.97. The largest absolute Gasteiger partial charge is 0.367 e. The van der Waals surface area contributed by atoms with Crippen molar-refractivity contribution in [2.45, 2.75) is 32.0 Å². The summed E-state index contributed by atoms with van der Waals surface area (Å²) in [5.41, 5.74) is 1.71. The summed E-state index contributed by atoms with van der Waals surface area (Å²) in [5, 5.41) is 4.58. The van der Waals surface area contributed by atoms with Crippen LogP contribution in [0.25, 0.3) is 11.3 Å². The highest BCUT2D eigenvalue weighted by molar-refractivity contribution is 6.29. The SMILES string of the molecule is CC1CCC(c2nc(Cl)cc(-c3cnn(C)c3)n2)O1. The van der Waals surface area contributed by atoms with E-state index >= 15 is 0 Å². The zero-order chi connectivity index (χ0) is 13.4. The van der Waals surface area contributed by atoms with Crippen LogP contribution in [0.3, 0.4) is 0 Å². The fourth-order valence-corrected chi connectivity index (χ4v) is 2.46. The molecule has 1 fully saturated rings. The van der Waals surface area contributed by atoms with Crippen molar-refractivity contribution in [1.82, 2.24) is 19.7 Å². The van der Waals surface area contributed by atoms with Gasteiger partial charge in [-0.05, 0) is 19.8 Å². The predicted molar refractivity (Wildman–Crippen MR) is 71.8 cm³/mol. The molecule has 100 valence electrons.